The molecule has 1 heterocycles. The highest BCUT2D eigenvalue weighted by molar-refractivity contribution is 5.76. The van der Waals surface area contributed by atoms with Crippen LogP contribution < -0.4 is 5.32 Å². The summed E-state index contributed by atoms with van der Waals surface area (Å²) in [7, 11) is 0. The van der Waals surface area contributed by atoms with Crippen LogP contribution in [0.1, 0.15) is 40.0 Å². The largest absolute Gasteiger partial charge is 0.341 e. The third kappa shape index (κ3) is 3.82. The highest BCUT2D eigenvalue weighted by Gasteiger charge is 2.22. The Labute approximate surface area is 93.2 Å². The second kappa shape index (κ2) is 6.11. The first-order valence-corrected chi connectivity index (χ1v) is 6.16. The minimum atomic E-state index is 0.326. The molecular weight excluding hydrogens is 188 g/mol. The molecule has 1 atom stereocenters. The van der Waals surface area contributed by atoms with Crippen LogP contribution in [-0.2, 0) is 4.79 Å². The Kier molecular flexibility index (Phi) is 5.09. The van der Waals surface area contributed by atoms with Gasteiger partial charge < -0.3 is 10.2 Å². The van der Waals surface area contributed by atoms with E-state index in [2.05, 4.69) is 26.1 Å². The first kappa shape index (κ1) is 12.5. The van der Waals surface area contributed by atoms with Crippen LogP contribution >= 0.6 is 0 Å². The van der Waals surface area contributed by atoms with Gasteiger partial charge in [-0.3, -0.25) is 4.79 Å². The molecule has 1 amide bonds. The monoisotopic (exact) mass is 212 g/mol. The molecule has 0 aromatic rings. The van der Waals surface area contributed by atoms with Crippen molar-refractivity contribution in [1.29, 1.82) is 0 Å². The third-order valence-electron chi connectivity index (χ3n) is 3.05. The van der Waals surface area contributed by atoms with Gasteiger partial charge in [0, 0.05) is 25.6 Å². The molecule has 1 N–H and O–H groups in total. The van der Waals surface area contributed by atoms with E-state index < -0.39 is 0 Å². The van der Waals surface area contributed by atoms with Crippen molar-refractivity contribution in [3.63, 3.8) is 0 Å². The predicted molar refractivity (Wildman–Crippen MR) is 62.7 cm³/mol. The van der Waals surface area contributed by atoms with E-state index in [-0.39, 0.29) is 0 Å². The van der Waals surface area contributed by atoms with Crippen LogP contribution in [0, 0.1) is 5.92 Å². The average Bonchev–Trinajstić information content (AvgIpc) is 2.43. The van der Waals surface area contributed by atoms with Gasteiger partial charge in [0.2, 0.25) is 5.91 Å². The molecule has 1 fully saturated rings. The molecule has 15 heavy (non-hydrogen) atoms. The first-order valence-electron chi connectivity index (χ1n) is 6.16. The number of rotatable bonds is 3. The second-order valence-corrected chi connectivity index (χ2v) is 4.75. The minimum absolute atomic E-state index is 0.326. The maximum Gasteiger partial charge on any atom is 0.222 e. The molecule has 3 nitrogen and oxygen atoms in total. The smallest absolute Gasteiger partial charge is 0.222 e. The maximum atomic E-state index is 11.8. The van der Waals surface area contributed by atoms with Crippen molar-refractivity contribution >= 4 is 5.91 Å². The summed E-state index contributed by atoms with van der Waals surface area (Å²) in [5.74, 6) is 0.923. The number of hydrogen-bond acceptors (Lipinski definition) is 2. The Balaban J connectivity index is 2.52. The molecule has 1 rings (SSSR count). The van der Waals surface area contributed by atoms with Gasteiger partial charge in [0.15, 0.2) is 0 Å². The molecule has 1 unspecified atom stereocenters. The maximum absolute atomic E-state index is 11.8. The number of hydrogen-bond donors (Lipinski definition) is 1. The van der Waals surface area contributed by atoms with Crippen LogP contribution in [0.3, 0.4) is 0 Å². The summed E-state index contributed by atoms with van der Waals surface area (Å²) in [4.78, 5) is 13.9. The lowest BCUT2D eigenvalue weighted by atomic mass is 10.0. The van der Waals surface area contributed by atoms with Crippen LogP contribution in [0.2, 0.25) is 0 Å². The number of carbonyl (C=O) groups excluding carboxylic acids is 1. The first-order chi connectivity index (χ1) is 7.15. The molecule has 1 aliphatic heterocycles. The van der Waals surface area contributed by atoms with Crippen LogP contribution in [0.4, 0.5) is 0 Å². The SMILES string of the molecule is CCCC(=O)N1CCCNC(C(C)C)C1. The molecule has 0 spiro atoms. The van der Waals surface area contributed by atoms with Crippen LogP contribution in [0.15, 0.2) is 0 Å². The van der Waals surface area contributed by atoms with Crippen molar-refractivity contribution < 1.29 is 4.79 Å². The topological polar surface area (TPSA) is 32.3 Å². The number of amides is 1. The van der Waals surface area contributed by atoms with Gasteiger partial charge in [0.25, 0.3) is 0 Å². The van der Waals surface area contributed by atoms with Crippen molar-refractivity contribution in [3.8, 4) is 0 Å². The molecule has 0 aromatic heterocycles. The van der Waals surface area contributed by atoms with Crippen molar-refractivity contribution in [1.82, 2.24) is 10.2 Å². The minimum Gasteiger partial charge on any atom is -0.341 e. The summed E-state index contributed by atoms with van der Waals surface area (Å²) in [6.07, 6.45) is 2.73. The van der Waals surface area contributed by atoms with E-state index in [1.165, 1.54) is 0 Å². The summed E-state index contributed by atoms with van der Waals surface area (Å²) >= 11 is 0. The van der Waals surface area contributed by atoms with Gasteiger partial charge in [0.05, 0.1) is 0 Å². The van der Waals surface area contributed by atoms with E-state index in [9.17, 15) is 4.79 Å². The number of carbonyl (C=O) groups is 1. The van der Waals surface area contributed by atoms with E-state index in [0.717, 1.165) is 32.5 Å². The summed E-state index contributed by atoms with van der Waals surface area (Å²) in [6, 6.07) is 0.466. The Bertz CT molecular complexity index is 204. The van der Waals surface area contributed by atoms with Gasteiger partial charge >= 0.3 is 0 Å². The van der Waals surface area contributed by atoms with Crippen LogP contribution in [0.25, 0.3) is 0 Å². The molecule has 1 aliphatic rings. The predicted octanol–water partition coefficient (Wildman–Crippen LogP) is 1.63. The summed E-state index contributed by atoms with van der Waals surface area (Å²) in [5, 5.41) is 3.51. The number of nitrogens with one attached hydrogen (secondary N) is 1. The fourth-order valence-corrected chi connectivity index (χ4v) is 2.00. The molecule has 0 aromatic carbocycles. The quantitative estimate of drug-likeness (QED) is 0.771. The van der Waals surface area contributed by atoms with Gasteiger partial charge in [-0.2, -0.15) is 0 Å². The second-order valence-electron chi connectivity index (χ2n) is 4.75. The molecule has 3 heteroatoms. The van der Waals surface area contributed by atoms with E-state index in [1.54, 1.807) is 0 Å². The summed E-state index contributed by atoms with van der Waals surface area (Å²) < 4.78 is 0. The van der Waals surface area contributed by atoms with Gasteiger partial charge in [-0.25, -0.2) is 0 Å². The van der Waals surface area contributed by atoms with Gasteiger partial charge in [0.1, 0.15) is 0 Å². The zero-order valence-corrected chi connectivity index (χ0v) is 10.3. The van der Waals surface area contributed by atoms with Crippen LogP contribution in [-0.4, -0.2) is 36.5 Å². The Morgan fingerprint density at radius 3 is 2.87 bits per heavy atom. The normalized spacial score (nSPS) is 22.9. The van der Waals surface area contributed by atoms with Crippen molar-refractivity contribution in [2.45, 2.75) is 46.1 Å². The lowest BCUT2D eigenvalue weighted by Gasteiger charge is -2.26. The van der Waals surface area contributed by atoms with Crippen molar-refractivity contribution in [2.75, 3.05) is 19.6 Å². The zero-order valence-electron chi connectivity index (χ0n) is 10.3. The fraction of sp³-hybridized carbons (Fsp3) is 0.917. The Hall–Kier alpha value is -0.570. The lowest BCUT2D eigenvalue weighted by molar-refractivity contribution is -0.131. The highest BCUT2D eigenvalue weighted by Crippen LogP contribution is 2.10. The average molecular weight is 212 g/mol. The highest BCUT2D eigenvalue weighted by atomic mass is 16.2. The molecular formula is C12H24N2O. The number of nitrogens with zero attached hydrogens (tertiary/aromatic N) is 1. The van der Waals surface area contributed by atoms with Gasteiger partial charge in [-0.05, 0) is 25.3 Å². The zero-order chi connectivity index (χ0) is 11.3. The van der Waals surface area contributed by atoms with Crippen molar-refractivity contribution in [3.05, 3.63) is 0 Å². The van der Waals surface area contributed by atoms with Gasteiger partial charge in [-0.1, -0.05) is 20.8 Å². The molecule has 88 valence electrons. The van der Waals surface area contributed by atoms with Crippen LogP contribution in [0.5, 0.6) is 0 Å². The molecule has 0 aliphatic carbocycles. The van der Waals surface area contributed by atoms with E-state index in [1.807, 2.05) is 4.90 Å². The Morgan fingerprint density at radius 2 is 2.27 bits per heavy atom. The van der Waals surface area contributed by atoms with E-state index >= 15 is 0 Å². The third-order valence-corrected chi connectivity index (χ3v) is 3.05. The molecule has 0 radical (unpaired) electrons. The molecule has 0 bridgehead atoms. The van der Waals surface area contributed by atoms with Gasteiger partial charge in [-0.15, -0.1) is 0 Å². The Morgan fingerprint density at radius 1 is 1.53 bits per heavy atom. The lowest BCUT2D eigenvalue weighted by Crippen LogP contribution is -2.43. The summed E-state index contributed by atoms with van der Waals surface area (Å²) in [5.41, 5.74) is 0. The van der Waals surface area contributed by atoms with E-state index in [0.29, 0.717) is 24.3 Å². The summed E-state index contributed by atoms with van der Waals surface area (Å²) in [6.45, 7) is 9.34. The molecule has 1 saturated heterocycles. The van der Waals surface area contributed by atoms with Crippen molar-refractivity contribution in [2.24, 2.45) is 5.92 Å². The standard InChI is InChI=1S/C12H24N2O/c1-4-6-12(15)14-8-5-7-13-11(9-14)10(2)3/h10-11,13H,4-9H2,1-3H3. The van der Waals surface area contributed by atoms with E-state index in [4.69, 9.17) is 0 Å². The fourth-order valence-electron chi connectivity index (χ4n) is 2.00. The molecule has 0 saturated carbocycles.